The van der Waals surface area contributed by atoms with Crippen LogP contribution in [-0.2, 0) is 10.1 Å². The molecule has 116 valence electrons. The number of carboxylic acids is 2. The molecule has 0 aliphatic carbocycles. The van der Waals surface area contributed by atoms with Crippen LogP contribution in [0.5, 0.6) is 0 Å². The second-order valence-electron chi connectivity index (χ2n) is 3.08. The summed E-state index contributed by atoms with van der Waals surface area (Å²) in [7, 11) is -4.56. The molecule has 1 aromatic carbocycles. The second-order valence-corrected chi connectivity index (χ2v) is 4.50. The van der Waals surface area contributed by atoms with E-state index in [1.165, 1.54) is 0 Å². The molecular weight excluding hydrogens is 546 g/mol. The Balaban J connectivity index is -0.000000232. The van der Waals surface area contributed by atoms with Gasteiger partial charge in [-0.15, -0.1) is 0 Å². The van der Waals surface area contributed by atoms with E-state index in [-0.39, 0.29) is 80.1 Å². The van der Waals surface area contributed by atoms with Gasteiger partial charge in [0.1, 0.15) is 0 Å². The van der Waals surface area contributed by atoms with E-state index >= 15 is 0 Å². The van der Waals surface area contributed by atoms with Crippen molar-refractivity contribution in [3.8, 4) is 0 Å². The molecule has 0 fully saturated rings. The quantitative estimate of drug-likeness (QED) is 0.194. The van der Waals surface area contributed by atoms with Crippen LogP contribution < -0.4 is 51.4 Å². The summed E-state index contributed by atoms with van der Waals surface area (Å²) < 4.78 is 30.1. The topological polar surface area (TPSA) is 186 Å². The molecule has 13 heteroatoms. The minimum atomic E-state index is -4.56. The first-order valence-electron chi connectivity index (χ1n) is 4.46. The zero-order valence-electron chi connectivity index (χ0n) is 11.9. The van der Waals surface area contributed by atoms with Crippen LogP contribution in [0.3, 0.4) is 0 Å². The van der Waals surface area contributed by atoms with Gasteiger partial charge in [0.15, 0.2) is 0 Å². The molecule has 1 rings (SSSR count). The average molecular weight is 556 g/mol. The van der Waals surface area contributed by atoms with E-state index in [0.717, 1.165) is 12.1 Å². The Kier molecular flexibility index (Phi) is 13.9. The molecule has 0 heterocycles. The SMILES string of the molecule is O=C(O)O.O=C(O)c1ccc(S(=O)(=O)O)cc1C(=O)O.[H-].[K+].[Pb]. The molecule has 0 aromatic heterocycles. The third kappa shape index (κ3) is 9.82. The largest absolute Gasteiger partial charge is 1.00 e. The summed E-state index contributed by atoms with van der Waals surface area (Å²) in [5.41, 5.74) is -1.26. The summed E-state index contributed by atoms with van der Waals surface area (Å²) in [6.07, 6.45) is -1.83. The molecule has 0 amide bonds. The van der Waals surface area contributed by atoms with E-state index in [1.807, 2.05) is 0 Å². The van der Waals surface area contributed by atoms with E-state index < -0.39 is 44.2 Å². The molecule has 10 nitrogen and oxygen atoms in total. The fourth-order valence-electron chi connectivity index (χ4n) is 1.05. The van der Waals surface area contributed by atoms with E-state index in [9.17, 15) is 18.0 Å². The number of rotatable bonds is 3. The molecule has 0 saturated heterocycles. The summed E-state index contributed by atoms with van der Waals surface area (Å²) in [6, 6.07) is 2.20. The maximum atomic E-state index is 10.7. The molecule has 4 radical (unpaired) electrons. The van der Waals surface area contributed by atoms with Gasteiger partial charge in [0, 0.05) is 27.3 Å². The molecule has 1 aromatic rings. The van der Waals surface area contributed by atoms with Crippen LogP contribution in [0.1, 0.15) is 22.1 Å². The summed E-state index contributed by atoms with van der Waals surface area (Å²) in [4.78, 5) is 29.2. The molecule has 0 saturated carbocycles. The van der Waals surface area contributed by atoms with Gasteiger partial charge in [-0.05, 0) is 18.2 Å². The third-order valence-corrected chi connectivity index (χ3v) is 2.60. The second kappa shape index (κ2) is 11.4. The normalized spacial score (nSPS) is 9.14. The summed E-state index contributed by atoms with van der Waals surface area (Å²) >= 11 is 0. The molecule has 0 spiro atoms. The van der Waals surface area contributed by atoms with Crippen LogP contribution >= 0.6 is 0 Å². The van der Waals surface area contributed by atoms with Gasteiger partial charge < -0.3 is 21.9 Å². The molecular formula is C9H9KO10PbS. The summed E-state index contributed by atoms with van der Waals surface area (Å²) in [6.45, 7) is 0. The van der Waals surface area contributed by atoms with Crippen LogP contribution in [-0.4, -0.2) is 78.8 Å². The molecule has 0 aliphatic rings. The van der Waals surface area contributed by atoms with Crippen molar-refractivity contribution in [1.29, 1.82) is 0 Å². The van der Waals surface area contributed by atoms with E-state index in [4.69, 9.17) is 29.8 Å². The van der Waals surface area contributed by atoms with Crippen molar-refractivity contribution in [2.24, 2.45) is 0 Å². The zero-order chi connectivity index (χ0) is 16.1. The predicted molar refractivity (Wildman–Crippen MR) is 67.7 cm³/mol. The maximum Gasteiger partial charge on any atom is 1.00 e. The summed E-state index contributed by atoms with van der Waals surface area (Å²) in [5.74, 6) is -3.10. The van der Waals surface area contributed by atoms with Crippen molar-refractivity contribution in [1.82, 2.24) is 0 Å². The number of hydrogen-bond acceptors (Lipinski definition) is 5. The van der Waals surface area contributed by atoms with Crippen LogP contribution in [0, 0.1) is 0 Å². The molecule has 22 heavy (non-hydrogen) atoms. The first-order chi connectivity index (χ1) is 8.96. The van der Waals surface area contributed by atoms with Crippen LogP contribution in [0.2, 0.25) is 0 Å². The van der Waals surface area contributed by atoms with Gasteiger partial charge in [0.2, 0.25) is 0 Å². The van der Waals surface area contributed by atoms with Crippen molar-refractivity contribution in [3.05, 3.63) is 29.3 Å². The summed E-state index contributed by atoms with van der Waals surface area (Å²) in [5, 5.41) is 31.2. The van der Waals surface area contributed by atoms with Gasteiger partial charge in [-0.2, -0.15) is 8.42 Å². The van der Waals surface area contributed by atoms with Gasteiger partial charge in [0.25, 0.3) is 10.1 Å². The fraction of sp³-hybridized carbons (Fsp3) is 0. The van der Waals surface area contributed by atoms with Gasteiger partial charge in [-0.3, -0.25) is 4.55 Å². The van der Waals surface area contributed by atoms with Crippen molar-refractivity contribution in [2.45, 2.75) is 4.90 Å². The van der Waals surface area contributed by atoms with E-state index in [0.29, 0.717) is 6.07 Å². The van der Waals surface area contributed by atoms with Gasteiger partial charge in [0.05, 0.1) is 16.0 Å². The van der Waals surface area contributed by atoms with Crippen LogP contribution in [0.4, 0.5) is 4.79 Å². The van der Waals surface area contributed by atoms with Crippen molar-refractivity contribution >= 4 is 55.5 Å². The van der Waals surface area contributed by atoms with Crippen LogP contribution in [0.15, 0.2) is 23.1 Å². The molecule has 0 unspecified atom stereocenters. The molecule has 0 bridgehead atoms. The Bertz CT molecular complexity index is 658. The van der Waals surface area contributed by atoms with E-state index in [1.54, 1.807) is 0 Å². The van der Waals surface area contributed by atoms with Gasteiger partial charge in [-0.25, -0.2) is 14.4 Å². The van der Waals surface area contributed by atoms with Gasteiger partial charge >= 0.3 is 69.5 Å². The monoisotopic (exact) mass is 556 g/mol. The Morgan fingerprint density at radius 1 is 0.909 bits per heavy atom. The van der Waals surface area contributed by atoms with Crippen molar-refractivity contribution in [2.75, 3.05) is 0 Å². The van der Waals surface area contributed by atoms with Crippen LogP contribution in [0.25, 0.3) is 0 Å². The third-order valence-electron chi connectivity index (χ3n) is 1.75. The standard InChI is InChI=1S/C8H6O7S.CH2O3.K.Pb.H/c9-7(10)5-2-1-4(16(13,14)15)3-6(5)8(11)12;2-1(3)4;;;/h1-3H,(H,9,10)(H,11,12)(H,13,14,15);(H2,2,3,4);;;/q;;+1;;-1. The minimum Gasteiger partial charge on any atom is -1.00 e. The predicted octanol–water partition coefficient (Wildman–Crippen LogP) is -2.71. The Morgan fingerprint density at radius 3 is 1.55 bits per heavy atom. The number of aromatic carboxylic acids is 2. The van der Waals surface area contributed by atoms with Gasteiger partial charge in [-0.1, -0.05) is 0 Å². The minimum absolute atomic E-state index is 0. The Labute approximate surface area is 188 Å². The van der Waals surface area contributed by atoms with Crippen molar-refractivity contribution < 1.29 is 101 Å². The number of carboxylic acid groups (broad SMARTS) is 4. The molecule has 0 aliphatic heterocycles. The molecule has 0 atom stereocenters. The first-order valence-corrected chi connectivity index (χ1v) is 5.90. The first kappa shape index (κ1) is 26.8. The van der Waals surface area contributed by atoms with E-state index in [2.05, 4.69) is 0 Å². The maximum absolute atomic E-state index is 10.7. The smallest absolute Gasteiger partial charge is 1.00 e. The molecule has 5 N–H and O–H groups in total. The Hall–Kier alpha value is -0.102. The fourth-order valence-corrected chi connectivity index (χ4v) is 1.55. The number of benzene rings is 1. The Morgan fingerprint density at radius 2 is 1.27 bits per heavy atom. The number of carbonyl (C=O) groups is 3. The average Bonchev–Trinajstić information content (AvgIpc) is 2.25. The number of hydrogen-bond donors (Lipinski definition) is 5. The zero-order valence-corrected chi connectivity index (χ0v) is 18.7. The van der Waals surface area contributed by atoms with Crippen molar-refractivity contribution in [3.63, 3.8) is 0 Å².